The summed E-state index contributed by atoms with van der Waals surface area (Å²) in [7, 11) is 1.42. The Kier molecular flexibility index (Phi) is 11.0. The van der Waals surface area contributed by atoms with Crippen LogP contribution in [0.25, 0.3) is 0 Å². The molecule has 0 saturated carbocycles. The molecule has 3 rings (SSSR count). The maximum atomic E-state index is 13.7. The normalized spacial score (nSPS) is 22.9. The highest BCUT2D eigenvalue weighted by Crippen LogP contribution is 2.32. The largest absolute Gasteiger partial charge is 0.455 e. The molecule has 0 unspecified atom stereocenters. The van der Waals surface area contributed by atoms with Gasteiger partial charge in [0.1, 0.15) is 0 Å². The van der Waals surface area contributed by atoms with Gasteiger partial charge in [-0.2, -0.15) is 0 Å². The molecule has 0 aliphatic carbocycles. The highest BCUT2D eigenvalue weighted by Gasteiger charge is 2.51. The van der Waals surface area contributed by atoms with E-state index < -0.39 is 48.6 Å². The molecule has 6 atom stereocenters. The van der Waals surface area contributed by atoms with Crippen LogP contribution in [0.5, 0.6) is 0 Å². The molecule has 42 heavy (non-hydrogen) atoms. The van der Waals surface area contributed by atoms with E-state index in [-0.39, 0.29) is 18.3 Å². The minimum Gasteiger partial charge on any atom is -0.455 e. The Hall–Kier alpha value is -3.23. The molecule has 1 saturated heterocycles. The number of methoxy groups -OCH3 is 1. The van der Waals surface area contributed by atoms with Crippen molar-refractivity contribution in [2.45, 2.75) is 106 Å². The fourth-order valence-electron chi connectivity index (χ4n) is 5.65. The molecule has 0 bridgehead atoms. The van der Waals surface area contributed by atoms with Crippen molar-refractivity contribution in [3.05, 3.63) is 68.8 Å². The first kappa shape index (κ1) is 33.3. The van der Waals surface area contributed by atoms with E-state index in [1.165, 1.54) is 7.11 Å². The molecule has 1 heterocycles. The highest BCUT2D eigenvalue weighted by molar-refractivity contribution is 5.94. The Morgan fingerprint density at radius 2 is 1.14 bits per heavy atom. The quantitative estimate of drug-likeness (QED) is 0.252. The molecule has 0 radical (unpaired) electrons. The molecular weight excluding hydrogens is 536 g/mol. The third-order valence-electron chi connectivity index (χ3n) is 8.10. The Bertz CT molecular complexity index is 1270. The van der Waals surface area contributed by atoms with E-state index in [2.05, 4.69) is 0 Å². The Labute approximate surface area is 250 Å². The van der Waals surface area contributed by atoms with Crippen LogP contribution in [0.2, 0.25) is 0 Å². The van der Waals surface area contributed by atoms with Crippen LogP contribution >= 0.6 is 0 Å². The second kappa shape index (κ2) is 13.8. The van der Waals surface area contributed by atoms with Crippen molar-refractivity contribution in [1.82, 2.24) is 0 Å². The zero-order valence-corrected chi connectivity index (χ0v) is 26.8. The summed E-state index contributed by atoms with van der Waals surface area (Å²) in [4.78, 5) is 40.4. The predicted octanol–water partition coefficient (Wildman–Crippen LogP) is 6.27. The van der Waals surface area contributed by atoms with E-state index in [1.807, 2.05) is 86.6 Å². The van der Waals surface area contributed by atoms with Crippen molar-refractivity contribution >= 4 is 17.9 Å². The van der Waals surface area contributed by atoms with Crippen LogP contribution < -0.4 is 0 Å². The van der Waals surface area contributed by atoms with Crippen molar-refractivity contribution in [3.63, 3.8) is 0 Å². The van der Waals surface area contributed by atoms with Gasteiger partial charge in [0.15, 0.2) is 24.6 Å². The fraction of sp³-hybridized carbons (Fsp3) is 0.559. The summed E-state index contributed by atoms with van der Waals surface area (Å²) in [6.45, 7) is 19.0. The summed E-state index contributed by atoms with van der Waals surface area (Å²) in [6, 6.07) is 7.61. The van der Waals surface area contributed by atoms with E-state index in [0.717, 1.165) is 33.4 Å². The number of rotatable bonds is 9. The highest BCUT2D eigenvalue weighted by atomic mass is 16.7. The number of carbonyl (C=O) groups excluding carboxylic acids is 3. The lowest BCUT2D eigenvalue weighted by Gasteiger charge is -2.43. The van der Waals surface area contributed by atoms with Gasteiger partial charge >= 0.3 is 17.9 Å². The first-order chi connectivity index (χ1) is 19.6. The Balaban J connectivity index is 2.04. The van der Waals surface area contributed by atoms with Gasteiger partial charge in [-0.25, -0.2) is 9.59 Å². The molecular formula is C34H46O8. The molecule has 0 aromatic heterocycles. The molecule has 1 aliphatic heterocycles. The van der Waals surface area contributed by atoms with Crippen LogP contribution in [0.4, 0.5) is 0 Å². The van der Waals surface area contributed by atoms with Crippen LogP contribution in [0.3, 0.4) is 0 Å². The average Bonchev–Trinajstić information content (AvgIpc) is 2.86. The average molecular weight is 583 g/mol. The standard InChI is InChI=1S/C34H46O8/c1-17(2)20(5)16-26(35)40-29-25(10)39-34(38-11)31(42-33(37)28-23(8)14-19(4)15-24(28)9)30(29)41-32(36)27-21(6)12-18(3)13-22(27)7/h12-15,17,20,25,29-31,34H,16H2,1-11H3/t20-,25-,29-,30+,31-,34+/m1/s1. The lowest BCUT2D eigenvalue weighted by molar-refractivity contribution is -0.287. The van der Waals surface area contributed by atoms with E-state index in [0.29, 0.717) is 11.1 Å². The zero-order chi connectivity index (χ0) is 31.5. The summed E-state index contributed by atoms with van der Waals surface area (Å²) < 4.78 is 29.7. The number of hydrogen-bond donors (Lipinski definition) is 0. The van der Waals surface area contributed by atoms with Crippen molar-refractivity contribution < 1.29 is 38.1 Å². The Morgan fingerprint density at radius 1 is 0.714 bits per heavy atom. The third kappa shape index (κ3) is 7.58. The van der Waals surface area contributed by atoms with E-state index in [1.54, 1.807) is 6.92 Å². The van der Waals surface area contributed by atoms with Crippen LogP contribution in [-0.4, -0.2) is 55.7 Å². The zero-order valence-electron chi connectivity index (χ0n) is 26.8. The smallest absolute Gasteiger partial charge is 0.339 e. The number of benzene rings is 2. The first-order valence-corrected chi connectivity index (χ1v) is 14.6. The van der Waals surface area contributed by atoms with Crippen molar-refractivity contribution in [2.75, 3.05) is 7.11 Å². The molecule has 1 aliphatic rings. The van der Waals surface area contributed by atoms with Crippen LogP contribution in [0.1, 0.15) is 88.2 Å². The number of carbonyl (C=O) groups is 3. The summed E-state index contributed by atoms with van der Waals surface area (Å²) >= 11 is 0. The van der Waals surface area contributed by atoms with E-state index >= 15 is 0 Å². The van der Waals surface area contributed by atoms with E-state index in [4.69, 9.17) is 23.7 Å². The molecule has 2 aromatic rings. The summed E-state index contributed by atoms with van der Waals surface area (Å²) in [5.74, 6) is -1.33. The lowest BCUT2D eigenvalue weighted by atomic mass is 9.94. The van der Waals surface area contributed by atoms with Gasteiger partial charge in [-0.15, -0.1) is 0 Å². The molecule has 8 nitrogen and oxygen atoms in total. The SMILES string of the molecule is CO[C@H]1O[C@H](C)[C@@H](OC(=O)C[C@@H](C)C(C)C)[C@H](OC(=O)c2c(C)cc(C)cc2C)[C@H]1OC(=O)c1c(C)cc(C)cc1C. The van der Waals surface area contributed by atoms with Gasteiger partial charge < -0.3 is 23.7 Å². The van der Waals surface area contributed by atoms with Gasteiger partial charge in [-0.3, -0.25) is 4.79 Å². The van der Waals surface area contributed by atoms with E-state index in [9.17, 15) is 14.4 Å². The summed E-state index contributed by atoms with van der Waals surface area (Å²) in [5.41, 5.74) is 5.85. The second-order valence-corrected chi connectivity index (χ2v) is 12.1. The molecule has 1 fully saturated rings. The topological polar surface area (TPSA) is 97.4 Å². The monoisotopic (exact) mass is 582 g/mol. The van der Waals surface area contributed by atoms with Crippen LogP contribution in [-0.2, 0) is 28.5 Å². The maximum absolute atomic E-state index is 13.7. The third-order valence-corrected chi connectivity index (χ3v) is 8.10. The first-order valence-electron chi connectivity index (χ1n) is 14.6. The molecule has 8 heteroatoms. The number of esters is 3. The Morgan fingerprint density at radius 3 is 1.55 bits per heavy atom. The van der Waals surface area contributed by atoms with Crippen LogP contribution in [0, 0.1) is 53.4 Å². The fourth-order valence-corrected chi connectivity index (χ4v) is 5.65. The molecule has 230 valence electrons. The number of hydrogen-bond acceptors (Lipinski definition) is 8. The van der Waals surface area contributed by atoms with Crippen molar-refractivity contribution in [1.29, 1.82) is 0 Å². The minimum atomic E-state index is -1.21. The number of ether oxygens (including phenoxy) is 5. The van der Waals surface area contributed by atoms with Gasteiger partial charge in [0, 0.05) is 13.5 Å². The predicted molar refractivity (Wildman–Crippen MR) is 160 cm³/mol. The van der Waals surface area contributed by atoms with Crippen molar-refractivity contribution in [2.24, 2.45) is 11.8 Å². The van der Waals surface area contributed by atoms with Gasteiger partial charge in [0.2, 0.25) is 0 Å². The summed E-state index contributed by atoms with van der Waals surface area (Å²) in [6.07, 6.45) is -5.07. The van der Waals surface area contributed by atoms with Gasteiger partial charge in [0.25, 0.3) is 0 Å². The second-order valence-electron chi connectivity index (χ2n) is 12.1. The molecule has 0 spiro atoms. The minimum absolute atomic E-state index is 0.0732. The van der Waals surface area contributed by atoms with Crippen molar-refractivity contribution in [3.8, 4) is 0 Å². The lowest BCUT2D eigenvalue weighted by Crippen LogP contribution is -2.61. The van der Waals surface area contributed by atoms with Gasteiger partial charge in [-0.1, -0.05) is 56.2 Å². The van der Waals surface area contributed by atoms with Crippen LogP contribution in [0.15, 0.2) is 24.3 Å². The molecule has 0 N–H and O–H groups in total. The molecule has 2 aromatic carbocycles. The number of aryl methyl sites for hydroxylation is 6. The summed E-state index contributed by atoms with van der Waals surface area (Å²) in [5, 5.41) is 0. The molecule has 0 amide bonds. The van der Waals surface area contributed by atoms with Gasteiger partial charge in [0.05, 0.1) is 17.2 Å². The van der Waals surface area contributed by atoms with Gasteiger partial charge in [-0.05, 0) is 82.6 Å². The maximum Gasteiger partial charge on any atom is 0.339 e.